The second-order valence-electron chi connectivity index (χ2n) is 3.47. The molecule has 96 valence electrons. The first-order valence-electron chi connectivity index (χ1n) is 4.91. The third-order valence-corrected chi connectivity index (χ3v) is 2.52. The lowest BCUT2D eigenvalue weighted by atomic mass is 10.2. The Bertz CT molecular complexity index is 506. The molecule has 0 aliphatic heterocycles. The van der Waals surface area contributed by atoms with Crippen LogP contribution in [0.5, 0.6) is 0 Å². The number of hydrogen-bond donors (Lipinski definition) is 2. The molecule has 0 saturated carbocycles. The first-order valence-corrected chi connectivity index (χ1v) is 5.32. The summed E-state index contributed by atoms with van der Waals surface area (Å²) in [6.07, 6.45) is 0. The molecule has 18 heavy (non-hydrogen) atoms. The third kappa shape index (κ3) is 2.72. The molecule has 0 radical (unpaired) electrons. The van der Waals surface area contributed by atoms with E-state index < -0.39 is 16.9 Å². The van der Waals surface area contributed by atoms with E-state index in [0.29, 0.717) is 0 Å². The van der Waals surface area contributed by atoms with Gasteiger partial charge >= 0.3 is 5.97 Å². The summed E-state index contributed by atoms with van der Waals surface area (Å²) in [5, 5.41) is 19.6. The maximum absolute atomic E-state index is 11.0. The molecule has 0 spiro atoms. The summed E-state index contributed by atoms with van der Waals surface area (Å²) in [5.41, 5.74) is 5.26. The second kappa shape index (κ2) is 5.41. The Labute approximate surface area is 108 Å². The lowest BCUT2D eigenvalue weighted by molar-refractivity contribution is -0.384. The molecule has 0 aromatic heterocycles. The number of benzene rings is 1. The zero-order valence-corrected chi connectivity index (χ0v) is 10.3. The molecule has 0 fully saturated rings. The molecule has 0 aliphatic rings. The first-order chi connectivity index (χ1) is 8.36. The molecule has 1 unspecified atom stereocenters. The fraction of sp³-hybridized carbons (Fsp3) is 0.200. The topological polar surface area (TPSA) is 110 Å². The second-order valence-corrected chi connectivity index (χ2v) is 3.89. The number of thiocarbonyl (C=S) groups is 1. The molecule has 0 heterocycles. The van der Waals surface area contributed by atoms with Gasteiger partial charge in [-0.2, -0.15) is 0 Å². The molecule has 3 N–H and O–H groups in total. The number of carboxylic acid groups (broad SMARTS) is 1. The van der Waals surface area contributed by atoms with E-state index >= 15 is 0 Å². The Morgan fingerprint density at radius 2 is 2.11 bits per heavy atom. The van der Waals surface area contributed by atoms with Crippen molar-refractivity contribution < 1.29 is 14.8 Å². The third-order valence-electron chi connectivity index (χ3n) is 2.32. The molecule has 1 aromatic carbocycles. The highest BCUT2D eigenvalue weighted by atomic mass is 32.1. The van der Waals surface area contributed by atoms with Gasteiger partial charge in [-0.1, -0.05) is 12.1 Å². The number of nitrogens with zero attached hydrogens (tertiary/aromatic N) is 2. The van der Waals surface area contributed by atoms with Gasteiger partial charge in [0.15, 0.2) is 5.11 Å². The zero-order valence-electron chi connectivity index (χ0n) is 9.44. The monoisotopic (exact) mass is 269 g/mol. The zero-order chi connectivity index (χ0) is 13.9. The Morgan fingerprint density at radius 1 is 1.56 bits per heavy atom. The van der Waals surface area contributed by atoms with Gasteiger partial charge in [0, 0.05) is 6.07 Å². The van der Waals surface area contributed by atoms with E-state index in [1.54, 1.807) is 6.07 Å². The molecular weight excluding hydrogens is 258 g/mol. The van der Waals surface area contributed by atoms with Crippen molar-refractivity contribution >= 4 is 34.7 Å². The Balaban J connectivity index is 3.35. The molecule has 8 heteroatoms. The van der Waals surface area contributed by atoms with Crippen LogP contribution in [0.3, 0.4) is 0 Å². The highest BCUT2D eigenvalue weighted by Gasteiger charge is 2.28. The van der Waals surface area contributed by atoms with Crippen molar-refractivity contribution in [1.29, 1.82) is 0 Å². The van der Waals surface area contributed by atoms with Gasteiger partial charge in [0.05, 0.1) is 4.92 Å². The Kier molecular flexibility index (Phi) is 4.16. The average Bonchev–Trinajstić information content (AvgIpc) is 2.28. The van der Waals surface area contributed by atoms with Crippen LogP contribution in [-0.2, 0) is 4.79 Å². The molecular formula is C10H11N3O4S. The predicted octanol–water partition coefficient (Wildman–Crippen LogP) is 1.12. The Hall–Kier alpha value is -2.22. The number of carboxylic acids is 1. The summed E-state index contributed by atoms with van der Waals surface area (Å²) < 4.78 is 0. The number of anilines is 1. The normalized spacial score (nSPS) is 11.6. The molecule has 1 aromatic rings. The number of nitro groups is 1. The van der Waals surface area contributed by atoms with Crippen LogP contribution < -0.4 is 10.6 Å². The van der Waals surface area contributed by atoms with Crippen LogP contribution in [0.4, 0.5) is 11.4 Å². The lowest BCUT2D eigenvalue weighted by Gasteiger charge is -2.26. The SMILES string of the molecule is CC(C(=O)O)N(C(N)=S)c1ccccc1[N+](=O)[O-]. The van der Waals surface area contributed by atoms with Gasteiger partial charge in [-0.3, -0.25) is 15.0 Å². The van der Waals surface area contributed by atoms with E-state index in [-0.39, 0.29) is 16.5 Å². The average molecular weight is 269 g/mol. The number of rotatable bonds is 4. The van der Waals surface area contributed by atoms with Crippen molar-refractivity contribution in [2.45, 2.75) is 13.0 Å². The summed E-state index contributed by atoms with van der Waals surface area (Å²) in [4.78, 5) is 22.3. The first kappa shape index (κ1) is 13.8. The van der Waals surface area contributed by atoms with Crippen LogP contribution in [0.2, 0.25) is 0 Å². The van der Waals surface area contributed by atoms with Gasteiger partial charge in [0.1, 0.15) is 11.7 Å². The van der Waals surface area contributed by atoms with Crippen molar-refractivity contribution in [3.05, 3.63) is 34.4 Å². The predicted molar refractivity (Wildman–Crippen MR) is 69.5 cm³/mol. The molecule has 0 aliphatic carbocycles. The summed E-state index contributed by atoms with van der Waals surface area (Å²) in [6, 6.07) is 4.59. The van der Waals surface area contributed by atoms with Crippen LogP contribution in [0.1, 0.15) is 6.92 Å². The minimum atomic E-state index is -1.18. The van der Waals surface area contributed by atoms with E-state index in [4.69, 9.17) is 23.1 Å². The van der Waals surface area contributed by atoms with E-state index in [1.165, 1.54) is 25.1 Å². The standard InChI is InChI=1S/C10H11N3O4S/c1-6(9(14)15)12(10(11)18)7-4-2-3-5-8(7)13(16)17/h2-6H,1H3,(H2,11,18)(H,14,15). The highest BCUT2D eigenvalue weighted by Crippen LogP contribution is 2.29. The van der Waals surface area contributed by atoms with E-state index in [9.17, 15) is 14.9 Å². The van der Waals surface area contributed by atoms with Crippen molar-refractivity contribution in [3.8, 4) is 0 Å². The quantitative estimate of drug-likeness (QED) is 0.478. The summed E-state index contributed by atoms with van der Waals surface area (Å²) >= 11 is 4.76. The summed E-state index contributed by atoms with van der Waals surface area (Å²) in [5.74, 6) is -1.18. The minimum Gasteiger partial charge on any atom is -0.480 e. The molecule has 1 rings (SSSR count). The fourth-order valence-corrected chi connectivity index (χ4v) is 1.71. The number of nitrogens with two attached hydrogens (primary N) is 1. The van der Waals surface area contributed by atoms with Crippen LogP contribution in [-0.4, -0.2) is 27.2 Å². The van der Waals surface area contributed by atoms with E-state index in [2.05, 4.69) is 0 Å². The van der Waals surface area contributed by atoms with Gasteiger partial charge in [-0.15, -0.1) is 0 Å². The number of hydrogen-bond acceptors (Lipinski definition) is 4. The van der Waals surface area contributed by atoms with Gasteiger partial charge in [0.25, 0.3) is 5.69 Å². The van der Waals surface area contributed by atoms with Crippen molar-refractivity contribution in [1.82, 2.24) is 0 Å². The molecule has 0 amide bonds. The van der Waals surface area contributed by atoms with Gasteiger partial charge in [-0.25, -0.2) is 4.79 Å². The Morgan fingerprint density at radius 3 is 2.56 bits per heavy atom. The van der Waals surface area contributed by atoms with Crippen molar-refractivity contribution in [2.24, 2.45) is 5.73 Å². The lowest BCUT2D eigenvalue weighted by Crippen LogP contribution is -2.46. The summed E-state index contributed by atoms with van der Waals surface area (Å²) in [6.45, 7) is 1.35. The highest BCUT2D eigenvalue weighted by molar-refractivity contribution is 7.80. The number of para-hydroxylation sites is 2. The maximum Gasteiger partial charge on any atom is 0.326 e. The number of aliphatic carboxylic acids is 1. The minimum absolute atomic E-state index is 0.0601. The maximum atomic E-state index is 11.0. The van der Waals surface area contributed by atoms with Crippen LogP contribution in [0.15, 0.2) is 24.3 Å². The molecule has 7 nitrogen and oxygen atoms in total. The van der Waals surface area contributed by atoms with Crippen molar-refractivity contribution in [2.75, 3.05) is 4.90 Å². The summed E-state index contributed by atoms with van der Waals surface area (Å²) in [7, 11) is 0. The van der Waals surface area contributed by atoms with Crippen LogP contribution in [0, 0.1) is 10.1 Å². The molecule has 0 saturated heterocycles. The number of nitro benzene ring substituents is 1. The van der Waals surface area contributed by atoms with Crippen LogP contribution in [0.25, 0.3) is 0 Å². The van der Waals surface area contributed by atoms with Crippen LogP contribution >= 0.6 is 12.2 Å². The largest absolute Gasteiger partial charge is 0.480 e. The molecule has 0 bridgehead atoms. The molecule has 1 atom stereocenters. The van der Waals surface area contributed by atoms with Gasteiger partial charge in [0.2, 0.25) is 0 Å². The van der Waals surface area contributed by atoms with Crippen molar-refractivity contribution in [3.63, 3.8) is 0 Å². The van der Waals surface area contributed by atoms with Gasteiger partial charge < -0.3 is 10.8 Å². The smallest absolute Gasteiger partial charge is 0.326 e. The van der Waals surface area contributed by atoms with Gasteiger partial charge in [-0.05, 0) is 25.2 Å². The fourth-order valence-electron chi connectivity index (χ4n) is 1.45. The number of carbonyl (C=O) groups is 1. The van der Waals surface area contributed by atoms with E-state index in [0.717, 1.165) is 4.90 Å². The van der Waals surface area contributed by atoms with E-state index in [1.807, 2.05) is 0 Å².